The number of hydrogen-bond acceptors (Lipinski definition) is 5. The number of hydrogen-bond donors (Lipinski definition) is 1. The summed E-state index contributed by atoms with van der Waals surface area (Å²) in [6.45, 7) is 3.22. The molecule has 1 aliphatic heterocycles. The lowest BCUT2D eigenvalue weighted by Crippen LogP contribution is -2.34. The molecule has 1 aromatic heterocycles. The van der Waals surface area contributed by atoms with E-state index < -0.39 is 0 Å². The maximum Gasteiger partial charge on any atom is 0.338 e. The lowest BCUT2D eigenvalue weighted by molar-refractivity contribution is -0.117. The molecule has 0 bridgehead atoms. The Bertz CT molecular complexity index is 806. The number of furan rings is 1. The number of benzene rings is 1. The van der Waals surface area contributed by atoms with Gasteiger partial charge in [0.05, 0.1) is 25.0 Å². The van der Waals surface area contributed by atoms with E-state index in [9.17, 15) is 9.59 Å². The van der Waals surface area contributed by atoms with E-state index in [1.807, 2.05) is 12.1 Å². The first kappa shape index (κ1) is 18.7. The SMILES string of the molecule is O=C(OCC1CCN(Cc2ccco2)CC1)c1cccc(NC(=O)C2CC2)c1. The first-order chi connectivity index (χ1) is 13.7. The molecule has 0 radical (unpaired) electrons. The van der Waals surface area contributed by atoms with Gasteiger partial charge in [-0.25, -0.2) is 4.79 Å². The van der Waals surface area contributed by atoms with Crippen molar-refractivity contribution in [1.29, 1.82) is 0 Å². The van der Waals surface area contributed by atoms with Crippen LogP contribution in [0.25, 0.3) is 0 Å². The number of rotatable bonds is 7. The minimum Gasteiger partial charge on any atom is -0.468 e. The summed E-state index contributed by atoms with van der Waals surface area (Å²) in [5.41, 5.74) is 1.13. The highest BCUT2D eigenvalue weighted by atomic mass is 16.5. The summed E-state index contributed by atoms with van der Waals surface area (Å²) in [7, 11) is 0. The van der Waals surface area contributed by atoms with Crippen molar-refractivity contribution >= 4 is 17.6 Å². The van der Waals surface area contributed by atoms with E-state index in [0.29, 0.717) is 23.8 Å². The second-order valence-corrected chi connectivity index (χ2v) is 7.74. The van der Waals surface area contributed by atoms with Gasteiger partial charge in [0.2, 0.25) is 5.91 Å². The zero-order chi connectivity index (χ0) is 19.3. The molecule has 1 saturated carbocycles. The summed E-state index contributed by atoms with van der Waals surface area (Å²) < 4.78 is 10.9. The molecular formula is C22H26N2O4. The van der Waals surface area contributed by atoms with Crippen LogP contribution in [-0.2, 0) is 16.1 Å². The number of anilines is 1. The average molecular weight is 382 g/mol. The van der Waals surface area contributed by atoms with Crippen molar-refractivity contribution in [2.75, 3.05) is 25.0 Å². The molecule has 148 valence electrons. The molecule has 4 rings (SSSR count). The van der Waals surface area contributed by atoms with Crippen molar-refractivity contribution in [3.05, 3.63) is 54.0 Å². The summed E-state index contributed by atoms with van der Waals surface area (Å²) in [5, 5.41) is 2.87. The number of nitrogens with zero attached hydrogens (tertiary/aromatic N) is 1. The van der Waals surface area contributed by atoms with Crippen LogP contribution in [0.15, 0.2) is 47.1 Å². The lowest BCUT2D eigenvalue weighted by atomic mass is 9.98. The first-order valence-electron chi connectivity index (χ1n) is 10.00. The molecule has 2 aliphatic rings. The molecular weight excluding hydrogens is 356 g/mol. The van der Waals surface area contributed by atoms with E-state index in [0.717, 1.165) is 51.1 Å². The zero-order valence-corrected chi connectivity index (χ0v) is 15.9. The molecule has 1 saturated heterocycles. The Morgan fingerprint density at radius 3 is 2.64 bits per heavy atom. The fourth-order valence-corrected chi connectivity index (χ4v) is 3.52. The van der Waals surface area contributed by atoms with Gasteiger partial charge >= 0.3 is 5.97 Å². The molecule has 2 aromatic rings. The summed E-state index contributed by atoms with van der Waals surface area (Å²) in [6.07, 6.45) is 5.62. The lowest BCUT2D eigenvalue weighted by Gasteiger charge is -2.30. The molecule has 1 N–H and O–H groups in total. The maximum atomic E-state index is 12.4. The second kappa shape index (κ2) is 8.61. The molecule has 28 heavy (non-hydrogen) atoms. The summed E-state index contributed by atoms with van der Waals surface area (Å²) >= 11 is 0. The molecule has 1 aromatic carbocycles. The number of likely N-dealkylation sites (tertiary alicyclic amines) is 1. The molecule has 1 amide bonds. The predicted molar refractivity (Wildman–Crippen MR) is 105 cm³/mol. The molecule has 0 unspecified atom stereocenters. The Morgan fingerprint density at radius 1 is 1.11 bits per heavy atom. The van der Waals surface area contributed by atoms with Gasteiger partial charge in [-0.05, 0) is 75.0 Å². The zero-order valence-electron chi connectivity index (χ0n) is 15.9. The number of nitrogens with one attached hydrogen (secondary N) is 1. The Morgan fingerprint density at radius 2 is 1.93 bits per heavy atom. The standard InChI is InChI=1S/C22H26N2O4/c25-21(17-6-7-17)23-19-4-1-3-18(13-19)22(26)28-15-16-8-10-24(11-9-16)14-20-5-2-12-27-20/h1-5,12-13,16-17H,6-11,14-15H2,(H,23,25). The second-order valence-electron chi connectivity index (χ2n) is 7.74. The fraction of sp³-hybridized carbons (Fsp3) is 0.455. The van der Waals surface area contributed by atoms with E-state index in [4.69, 9.17) is 9.15 Å². The van der Waals surface area contributed by atoms with Crippen LogP contribution in [-0.4, -0.2) is 36.5 Å². The molecule has 6 heteroatoms. The molecule has 0 atom stereocenters. The van der Waals surface area contributed by atoms with Crippen LogP contribution in [0, 0.1) is 11.8 Å². The molecule has 0 spiro atoms. The minimum atomic E-state index is -0.333. The quantitative estimate of drug-likeness (QED) is 0.740. The van der Waals surface area contributed by atoms with E-state index >= 15 is 0 Å². The Kier molecular flexibility index (Phi) is 5.76. The van der Waals surface area contributed by atoms with Gasteiger partial charge in [-0.3, -0.25) is 9.69 Å². The van der Waals surface area contributed by atoms with Crippen LogP contribution in [0.5, 0.6) is 0 Å². The fourth-order valence-electron chi connectivity index (χ4n) is 3.52. The van der Waals surface area contributed by atoms with Crippen LogP contribution in [0.2, 0.25) is 0 Å². The van der Waals surface area contributed by atoms with Crippen molar-refractivity contribution in [3.63, 3.8) is 0 Å². The van der Waals surface area contributed by atoms with Gasteiger partial charge in [0.15, 0.2) is 0 Å². The highest BCUT2D eigenvalue weighted by Gasteiger charge is 2.29. The van der Waals surface area contributed by atoms with Crippen LogP contribution in [0.4, 0.5) is 5.69 Å². The van der Waals surface area contributed by atoms with Gasteiger partial charge in [-0.15, -0.1) is 0 Å². The average Bonchev–Trinajstić information content (AvgIpc) is 3.45. The van der Waals surface area contributed by atoms with Crippen LogP contribution in [0.3, 0.4) is 0 Å². The van der Waals surface area contributed by atoms with E-state index in [1.165, 1.54) is 0 Å². The highest BCUT2D eigenvalue weighted by Crippen LogP contribution is 2.30. The molecule has 2 heterocycles. The van der Waals surface area contributed by atoms with E-state index in [2.05, 4.69) is 10.2 Å². The number of piperidine rings is 1. The maximum absolute atomic E-state index is 12.4. The van der Waals surface area contributed by atoms with Crippen molar-refractivity contribution in [2.24, 2.45) is 11.8 Å². The van der Waals surface area contributed by atoms with Gasteiger partial charge < -0.3 is 14.5 Å². The van der Waals surface area contributed by atoms with Crippen molar-refractivity contribution in [2.45, 2.75) is 32.2 Å². The molecule has 2 fully saturated rings. The summed E-state index contributed by atoms with van der Waals surface area (Å²) in [4.78, 5) is 26.6. The third kappa shape index (κ3) is 5.01. The Hall–Kier alpha value is -2.60. The Balaban J connectivity index is 1.22. The largest absolute Gasteiger partial charge is 0.468 e. The van der Waals surface area contributed by atoms with Crippen LogP contribution in [0.1, 0.15) is 41.8 Å². The smallest absolute Gasteiger partial charge is 0.338 e. The third-order valence-electron chi connectivity index (χ3n) is 5.43. The van der Waals surface area contributed by atoms with Gasteiger partial charge in [0, 0.05) is 11.6 Å². The number of ether oxygens (including phenoxy) is 1. The number of esters is 1. The van der Waals surface area contributed by atoms with Crippen LogP contribution >= 0.6 is 0 Å². The van der Waals surface area contributed by atoms with Crippen molar-refractivity contribution in [3.8, 4) is 0 Å². The highest BCUT2D eigenvalue weighted by molar-refractivity contribution is 5.96. The predicted octanol–water partition coefficient (Wildman–Crippen LogP) is 3.70. The number of amides is 1. The summed E-state index contributed by atoms with van der Waals surface area (Å²) in [5.74, 6) is 1.20. The number of carbonyl (C=O) groups is 2. The van der Waals surface area contributed by atoms with Gasteiger partial charge in [-0.2, -0.15) is 0 Å². The van der Waals surface area contributed by atoms with Crippen molar-refractivity contribution < 1.29 is 18.7 Å². The van der Waals surface area contributed by atoms with E-state index in [1.54, 1.807) is 30.5 Å². The van der Waals surface area contributed by atoms with Crippen LogP contribution < -0.4 is 5.32 Å². The normalized spacial score (nSPS) is 18.0. The minimum absolute atomic E-state index is 0.0341. The van der Waals surface area contributed by atoms with Gasteiger partial charge in [0.1, 0.15) is 5.76 Å². The monoisotopic (exact) mass is 382 g/mol. The number of carbonyl (C=O) groups excluding carboxylic acids is 2. The molecule has 1 aliphatic carbocycles. The topological polar surface area (TPSA) is 71.8 Å². The van der Waals surface area contributed by atoms with E-state index in [-0.39, 0.29) is 17.8 Å². The van der Waals surface area contributed by atoms with Gasteiger partial charge in [-0.1, -0.05) is 6.07 Å². The first-order valence-corrected chi connectivity index (χ1v) is 10.00. The molecule has 6 nitrogen and oxygen atoms in total. The summed E-state index contributed by atoms with van der Waals surface area (Å²) in [6, 6.07) is 10.9. The Labute approximate surface area is 164 Å². The van der Waals surface area contributed by atoms with Gasteiger partial charge in [0.25, 0.3) is 0 Å². The van der Waals surface area contributed by atoms with Crippen molar-refractivity contribution in [1.82, 2.24) is 4.90 Å². The third-order valence-corrected chi connectivity index (χ3v) is 5.43.